The molecule has 0 amide bonds. The third-order valence-corrected chi connectivity index (χ3v) is 3.57. The van der Waals surface area contributed by atoms with E-state index < -0.39 is 0 Å². The molecule has 0 aliphatic heterocycles. The van der Waals surface area contributed by atoms with Gasteiger partial charge in [0.25, 0.3) is 0 Å². The molecule has 94 valence electrons. The van der Waals surface area contributed by atoms with Crippen molar-refractivity contribution < 1.29 is 9.53 Å². The summed E-state index contributed by atoms with van der Waals surface area (Å²) in [7, 11) is 1.65. The zero-order valence-corrected chi connectivity index (χ0v) is 11.2. The number of carbonyl (C=O) groups is 1. The summed E-state index contributed by atoms with van der Waals surface area (Å²) in [6.45, 7) is 0. The second-order valence-electron chi connectivity index (χ2n) is 4.20. The molecule has 0 unspecified atom stereocenters. The summed E-state index contributed by atoms with van der Waals surface area (Å²) in [5.74, 6) is 1.15. The molecule has 2 nitrogen and oxygen atoms in total. The molecule has 0 saturated heterocycles. The molecule has 0 radical (unpaired) electrons. The van der Waals surface area contributed by atoms with Gasteiger partial charge < -0.3 is 4.74 Å². The lowest BCUT2D eigenvalue weighted by Gasteiger charge is -2.03. The van der Waals surface area contributed by atoms with Gasteiger partial charge in [0.1, 0.15) is 11.5 Å². The van der Waals surface area contributed by atoms with Gasteiger partial charge in [-0.1, -0.05) is 12.1 Å². The molecule has 2 aromatic rings. The summed E-state index contributed by atoms with van der Waals surface area (Å²) >= 11 is 1.63. The van der Waals surface area contributed by atoms with Gasteiger partial charge in [-0.3, -0.25) is 4.79 Å². The summed E-state index contributed by atoms with van der Waals surface area (Å²) in [5, 5.41) is 4.04. The van der Waals surface area contributed by atoms with Crippen LogP contribution in [0.1, 0.15) is 17.5 Å². The van der Waals surface area contributed by atoms with Crippen LogP contribution in [-0.2, 0) is 17.6 Å². The third kappa shape index (κ3) is 3.70. The van der Waals surface area contributed by atoms with Crippen molar-refractivity contribution >= 4 is 17.1 Å². The minimum atomic E-state index is 0.296. The molecular formula is C15H16O2S. The number of hydrogen-bond acceptors (Lipinski definition) is 3. The van der Waals surface area contributed by atoms with Crippen molar-refractivity contribution in [3.05, 3.63) is 52.2 Å². The van der Waals surface area contributed by atoms with Crippen molar-refractivity contribution in [1.29, 1.82) is 0 Å². The van der Waals surface area contributed by atoms with E-state index in [-0.39, 0.29) is 0 Å². The lowest BCUT2D eigenvalue weighted by Crippen LogP contribution is -2.03. The van der Waals surface area contributed by atoms with Crippen LogP contribution in [-0.4, -0.2) is 12.9 Å². The Bertz CT molecular complexity index is 486. The molecule has 0 bridgehead atoms. The van der Waals surface area contributed by atoms with E-state index in [1.165, 1.54) is 5.56 Å². The van der Waals surface area contributed by atoms with Crippen LogP contribution in [0.15, 0.2) is 41.1 Å². The lowest BCUT2D eigenvalue weighted by atomic mass is 10.0. The minimum Gasteiger partial charge on any atom is -0.497 e. The summed E-state index contributed by atoms with van der Waals surface area (Å²) in [4.78, 5) is 11.8. The molecule has 1 heterocycles. The summed E-state index contributed by atoms with van der Waals surface area (Å²) in [6, 6.07) is 9.89. The van der Waals surface area contributed by atoms with Gasteiger partial charge in [0, 0.05) is 12.8 Å². The first-order valence-electron chi connectivity index (χ1n) is 5.93. The van der Waals surface area contributed by atoms with Crippen LogP contribution >= 0.6 is 11.3 Å². The number of carbonyl (C=O) groups excluding carboxylic acids is 1. The molecule has 0 N–H and O–H groups in total. The Morgan fingerprint density at radius 2 is 1.94 bits per heavy atom. The topological polar surface area (TPSA) is 26.3 Å². The van der Waals surface area contributed by atoms with Crippen molar-refractivity contribution in [3.63, 3.8) is 0 Å². The maximum absolute atomic E-state index is 11.8. The number of rotatable bonds is 6. The van der Waals surface area contributed by atoms with Crippen molar-refractivity contribution in [3.8, 4) is 5.75 Å². The monoisotopic (exact) mass is 260 g/mol. The van der Waals surface area contributed by atoms with Crippen molar-refractivity contribution in [2.24, 2.45) is 0 Å². The SMILES string of the molecule is COc1ccc(CCC(=O)Cc2ccsc2)cc1. The maximum atomic E-state index is 11.8. The van der Waals surface area contributed by atoms with Crippen LogP contribution in [0, 0.1) is 0 Å². The highest BCUT2D eigenvalue weighted by Crippen LogP contribution is 2.13. The fourth-order valence-electron chi connectivity index (χ4n) is 1.79. The molecule has 1 aromatic heterocycles. The summed E-state index contributed by atoms with van der Waals surface area (Å²) < 4.78 is 5.10. The van der Waals surface area contributed by atoms with Gasteiger partial charge in [0.2, 0.25) is 0 Å². The zero-order valence-electron chi connectivity index (χ0n) is 10.4. The highest BCUT2D eigenvalue weighted by atomic mass is 32.1. The highest BCUT2D eigenvalue weighted by Gasteiger charge is 2.05. The largest absolute Gasteiger partial charge is 0.497 e. The quantitative estimate of drug-likeness (QED) is 0.794. The number of ketones is 1. The fraction of sp³-hybridized carbons (Fsp3) is 0.267. The third-order valence-electron chi connectivity index (χ3n) is 2.83. The number of hydrogen-bond donors (Lipinski definition) is 0. The van der Waals surface area contributed by atoms with Crippen LogP contribution in [0.25, 0.3) is 0 Å². The van der Waals surface area contributed by atoms with E-state index >= 15 is 0 Å². The standard InChI is InChI=1S/C15H16O2S/c1-17-15-6-3-12(4-7-15)2-5-14(16)10-13-8-9-18-11-13/h3-4,6-9,11H,2,5,10H2,1H3. The molecule has 0 saturated carbocycles. The number of Topliss-reactive ketones (excluding diaryl/α,β-unsaturated/α-hetero) is 1. The molecule has 3 heteroatoms. The van der Waals surface area contributed by atoms with E-state index in [4.69, 9.17) is 4.74 Å². The fourth-order valence-corrected chi connectivity index (χ4v) is 2.45. The molecule has 2 rings (SSSR count). The number of thiophene rings is 1. The molecule has 0 aliphatic carbocycles. The molecule has 0 aliphatic rings. The number of ether oxygens (including phenoxy) is 1. The lowest BCUT2D eigenvalue weighted by molar-refractivity contribution is -0.118. The molecule has 0 fully saturated rings. The van der Waals surface area contributed by atoms with Crippen molar-refractivity contribution in [2.75, 3.05) is 7.11 Å². The van der Waals surface area contributed by atoms with Crippen molar-refractivity contribution in [2.45, 2.75) is 19.3 Å². The van der Waals surface area contributed by atoms with Crippen LogP contribution < -0.4 is 4.74 Å². The number of methoxy groups -OCH3 is 1. The van der Waals surface area contributed by atoms with E-state index in [1.807, 2.05) is 41.1 Å². The van der Waals surface area contributed by atoms with Crippen LogP contribution in [0.4, 0.5) is 0 Å². The van der Waals surface area contributed by atoms with E-state index in [1.54, 1.807) is 18.4 Å². The Kier molecular flexibility index (Phi) is 4.53. The zero-order chi connectivity index (χ0) is 12.8. The number of aryl methyl sites for hydroxylation is 1. The minimum absolute atomic E-state index is 0.296. The first kappa shape index (κ1) is 12.8. The van der Waals surface area contributed by atoms with E-state index in [2.05, 4.69) is 0 Å². The Balaban J connectivity index is 1.81. The van der Waals surface area contributed by atoms with Crippen LogP contribution in [0.5, 0.6) is 5.75 Å². The van der Waals surface area contributed by atoms with Gasteiger partial charge in [0.05, 0.1) is 7.11 Å². The summed E-state index contributed by atoms with van der Waals surface area (Å²) in [6.07, 6.45) is 1.95. The average molecular weight is 260 g/mol. The predicted octanol–water partition coefficient (Wildman–Crippen LogP) is 3.50. The Morgan fingerprint density at radius 3 is 2.56 bits per heavy atom. The smallest absolute Gasteiger partial charge is 0.137 e. The predicted molar refractivity (Wildman–Crippen MR) is 74.3 cm³/mol. The first-order valence-corrected chi connectivity index (χ1v) is 6.88. The highest BCUT2D eigenvalue weighted by molar-refractivity contribution is 7.07. The van der Waals surface area contributed by atoms with Crippen LogP contribution in [0.2, 0.25) is 0 Å². The first-order chi connectivity index (χ1) is 8.78. The second-order valence-corrected chi connectivity index (χ2v) is 4.98. The van der Waals surface area contributed by atoms with Crippen molar-refractivity contribution in [1.82, 2.24) is 0 Å². The summed E-state index contributed by atoms with van der Waals surface area (Å²) in [5.41, 5.74) is 2.30. The Morgan fingerprint density at radius 1 is 1.17 bits per heavy atom. The number of benzene rings is 1. The van der Waals surface area contributed by atoms with Gasteiger partial charge in [0.15, 0.2) is 0 Å². The van der Waals surface area contributed by atoms with Gasteiger partial charge in [-0.15, -0.1) is 0 Å². The van der Waals surface area contributed by atoms with E-state index in [0.29, 0.717) is 18.6 Å². The van der Waals surface area contributed by atoms with Crippen LogP contribution in [0.3, 0.4) is 0 Å². The van der Waals surface area contributed by atoms with Gasteiger partial charge in [-0.25, -0.2) is 0 Å². The van der Waals surface area contributed by atoms with E-state index in [0.717, 1.165) is 17.7 Å². The molecule has 1 aromatic carbocycles. The molecule has 18 heavy (non-hydrogen) atoms. The normalized spacial score (nSPS) is 10.3. The Hall–Kier alpha value is -1.61. The average Bonchev–Trinajstić information content (AvgIpc) is 2.90. The molecule has 0 spiro atoms. The van der Waals surface area contributed by atoms with Gasteiger partial charge in [-0.2, -0.15) is 11.3 Å². The second kappa shape index (κ2) is 6.36. The van der Waals surface area contributed by atoms with Gasteiger partial charge in [-0.05, 0) is 46.5 Å². The van der Waals surface area contributed by atoms with E-state index in [9.17, 15) is 4.79 Å². The van der Waals surface area contributed by atoms with Gasteiger partial charge >= 0.3 is 0 Å². The Labute approximate surface area is 111 Å². The molecular weight excluding hydrogens is 244 g/mol. The maximum Gasteiger partial charge on any atom is 0.137 e. The molecule has 0 atom stereocenters.